The van der Waals surface area contributed by atoms with Gasteiger partial charge in [0.15, 0.2) is 5.82 Å². The molecule has 0 aromatic carbocycles. The van der Waals surface area contributed by atoms with Crippen LogP contribution in [0, 0.1) is 0 Å². The average Bonchev–Trinajstić information content (AvgIpc) is 3.27. The Labute approximate surface area is 152 Å². The third-order valence-electron chi connectivity index (χ3n) is 4.64. The molecule has 1 atom stereocenters. The van der Waals surface area contributed by atoms with E-state index in [0.29, 0.717) is 44.1 Å². The number of likely N-dealkylation sites (N-methyl/N-ethyl adjacent to an activating group) is 1. The third kappa shape index (κ3) is 4.37. The SMILES string of the molecule is CCc1noc(CCC(=O)N(C)C[C@@]2(O)CCN(c3ccccn3)C2)n1. The minimum Gasteiger partial charge on any atom is -0.386 e. The topological polar surface area (TPSA) is 95.6 Å². The normalized spacial score (nSPS) is 19.7. The van der Waals surface area contributed by atoms with Gasteiger partial charge in [0.05, 0.1) is 6.54 Å². The van der Waals surface area contributed by atoms with E-state index in [4.69, 9.17) is 4.52 Å². The van der Waals surface area contributed by atoms with E-state index in [9.17, 15) is 9.90 Å². The van der Waals surface area contributed by atoms with Crippen molar-refractivity contribution in [3.8, 4) is 0 Å². The first kappa shape index (κ1) is 18.3. The van der Waals surface area contributed by atoms with Gasteiger partial charge in [0, 0.05) is 45.6 Å². The molecule has 26 heavy (non-hydrogen) atoms. The molecule has 1 saturated heterocycles. The number of rotatable bonds is 7. The zero-order valence-corrected chi connectivity index (χ0v) is 15.3. The van der Waals surface area contributed by atoms with Crippen molar-refractivity contribution in [2.45, 2.75) is 38.2 Å². The molecule has 1 amide bonds. The molecule has 3 heterocycles. The summed E-state index contributed by atoms with van der Waals surface area (Å²) in [6.45, 7) is 3.42. The summed E-state index contributed by atoms with van der Waals surface area (Å²) in [4.78, 5) is 24.5. The van der Waals surface area contributed by atoms with Crippen LogP contribution in [0.1, 0.15) is 31.5 Å². The Morgan fingerprint density at radius 3 is 3.00 bits per heavy atom. The Bertz CT molecular complexity index is 735. The summed E-state index contributed by atoms with van der Waals surface area (Å²) in [7, 11) is 1.72. The molecule has 8 nitrogen and oxygen atoms in total. The lowest BCUT2D eigenvalue weighted by molar-refractivity contribution is -0.132. The smallest absolute Gasteiger partial charge is 0.227 e. The van der Waals surface area contributed by atoms with E-state index in [-0.39, 0.29) is 12.3 Å². The van der Waals surface area contributed by atoms with Gasteiger partial charge in [-0.25, -0.2) is 4.98 Å². The summed E-state index contributed by atoms with van der Waals surface area (Å²) >= 11 is 0. The second kappa shape index (κ2) is 7.82. The molecule has 8 heteroatoms. The van der Waals surface area contributed by atoms with Crippen molar-refractivity contribution < 1.29 is 14.4 Å². The molecule has 1 fully saturated rings. The standard InChI is InChI=1S/C18H25N5O3/c1-3-14-20-16(26-21-14)7-8-17(24)22(2)12-18(25)9-11-23(13-18)15-6-4-5-10-19-15/h4-6,10,25H,3,7-9,11-13H2,1-2H3/t18-/m0/s1. The predicted octanol–water partition coefficient (Wildman–Crippen LogP) is 1.06. The number of carbonyl (C=O) groups excluding carboxylic acids is 1. The van der Waals surface area contributed by atoms with Crippen LogP contribution in [-0.4, -0.2) is 63.3 Å². The molecule has 0 bridgehead atoms. The van der Waals surface area contributed by atoms with Crippen molar-refractivity contribution in [3.05, 3.63) is 36.1 Å². The molecular formula is C18H25N5O3. The summed E-state index contributed by atoms with van der Waals surface area (Å²) in [5.41, 5.74) is -0.929. The zero-order valence-electron chi connectivity index (χ0n) is 15.3. The number of nitrogens with zero attached hydrogens (tertiary/aromatic N) is 5. The Balaban J connectivity index is 1.50. The van der Waals surface area contributed by atoms with Gasteiger partial charge in [0.2, 0.25) is 11.8 Å². The van der Waals surface area contributed by atoms with Gasteiger partial charge < -0.3 is 19.4 Å². The molecule has 1 aliphatic heterocycles. The van der Waals surface area contributed by atoms with Crippen LogP contribution in [0.5, 0.6) is 0 Å². The molecule has 3 rings (SSSR count). The van der Waals surface area contributed by atoms with Crippen LogP contribution in [0.2, 0.25) is 0 Å². The molecule has 0 unspecified atom stereocenters. The van der Waals surface area contributed by atoms with E-state index < -0.39 is 5.60 Å². The van der Waals surface area contributed by atoms with E-state index in [1.165, 1.54) is 0 Å². The highest BCUT2D eigenvalue weighted by atomic mass is 16.5. The van der Waals surface area contributed by atoms with E-state index >= 15 is 0 Å². The summed E-state index contributed by atoms with van der Waals surface area (Å²) in [5, 5.41) is 14.7. The maximum Gasteiger partial charge on any atom is 0.227 e. The Hall–Kier alpha value is -2.48. The molecule has 0 radical (unpaired) electrons. The second-order valence-corrected chi connectivity index (χ2v) is 6.79. The van der Waals surface area contributed by atoms with Crippen LogP contribution in [0.15, 0.2) is 28.9 Å². The van der Waals surface area contributed by atoms with Gasteiger partial charge in [-0.05, 0) is 18.6 Å². The number of anilines is 1. The lowest BCUT2D eigenvalue weighted by Gasteiger charge is -2.29. The van der Waals surface area contributed by atoms with Gasteiger partial charge in [0.1, 0.15) is 11.4 Å². The van der Waals surface area contributed by atoms with Crippen LogP contribution in [0.3, 0.4) is 0 Å². The maximum atomic E-state index is 12.4. The summed E-state index contributed by atoms with van der Waals surface area (Å²) in [5.74, 6) is 1.92. The number of amides is 1. The van der Waals surface area contributed by atoms with Gasteiger partial charge in [0.25, 0.3) is 0 Å². The quantitative estimate of drug-likeness (QED) is 0.790. The van der Waals surface area contributed by atoms with Crippen molar-refractivity contribution in [1.82, 2.24) is 20.0 Å². The molecule has 0 aliphatic carbocycles. The minimum atomic E-state index is -0.929. The van der Waals surface area contributed by atoms with Crippen molar-refractivity contribution in [2.24, 2.45) is 0 Å². The summed E-state index contributed by atoms with van der Waals surface area (Å²) in [6, 6.07) is 5.72. The van der Waals surface area contributed by atoms with Crippen molar-refractivity contribution >= 4 is 11.7 Å². The van der Waals surface area contributed by atoms with Gasteiger partial charge in [-0.2, -0.15) is 4.98 Å². The number of hydrogen-bond acceptors (Lipinski definition) is 7. The number of β-amino-alcohol motifs (C(OH)–C–C–N with tert-alkyl or cyclic N) is 1. The highest BCUT2D eigenvalue weighted by Gasteiger charge is 2.38. The molecule has 2 aromatic heterocycles. The lowest BCUT2D eigenvalue weighted by Crippen LogP contribution is -2.46. The van der Waals surface area contributed by atoms with Gasteiger partial charge in [-0.15, -0.1) is 0 Å². The largest absolute Gasteiger partial charge is 0.386 e. The fraction of sp³-hybridized carbons (Fsp3) is 0.556. The number of aliphatic hydroxyl groups is 1. The maximum absolute atomic E-state index is 12.4. The lowest BCUT2D eigenvalue weighted by atomic mass is 10.0. The number of aromatic nitrogens is 3. The number of aryl methyl sites for hydroxylation is 2. The van der Waals surface area contributed by atoms with E-state index in [2.05, 4.69) is 15.1 Å². The Morgan fingerprint density at radius 2 is 2.31 bits per heavy atom. The molecule has 0 spiro atoms. The molecule has 1 N–H and O–H groups in total. The highest BCUT2D eigenvalue weighted by Crippen LogP contribution is 2.26. The molecule has 1 aliphatic rings. The number of pyridine rings is 1. The fourth-order valence-electron chi connectivity index (χ4n) is 3.19. The molecule has 2 aromatic rings. The Kier molecular flexibility index (Phi) is 5.51. The summed E-state index contributed by atoms with van der Waals surface area (Å²) in [6.07, 6.45) is 3.74. The van der Waals surface area contributed by atoms with Crippen LogP contribution in [0.25, 0.3) is 0 Å². The first-order chi connectivity index (χ1) is 12.5. The van der Waals surface area contributed by atoms with E-state index in [1.54, 1.807) is 18.1 Å². The average molecular weight is 359 g/mol. The summed E-state index contributed by atoms with van der Waals surface area (Å²) < 4.78 is 5.11. The van der Waals surface area contributed by atoms with Crippen LogP contribution in [0.4, 0.5) is 5.82 Å². The van der Waals surface area contributed by atoms with Gasteiger partial charge in [-0.3, -0.25) is 4.79 Å². The monoisotopic (exact) mass is 359 g/mol. The van der Waals surface area contributed by atoms with Crippen LogP contribution < -0.4 is 4.90 Å². The number of hydrogen-bond donors (Lipinski definition) is 1. The molecular weight excluding hydrogens is 334 g/mol. The Morgan fingerprint density at radius 1 is 1.46 bits per heavy atom. The van der Waals surface area contributed by atoms with E-state index in [0.717, 1.165) is 12.4 Å². The first-order valence-corrected chi connectivity index (χ1v) is 8.93. The molecule has 140 valence electrons. The number of carbonyl (C=O) groups is 1. The van der Waals surface area contributed by atoms with Gasteiger partial charge in [-0.1, -0.05) is 18.1 Å². The highest BCUT2D eigenvalue weighted by molar-refractivity contribution is 5.76. The van der Waals surface area contributed by atoms with Crippen LogP contribution in [-0.2, 0) is 17.6 Å². The first-order valence-electron chi connectivity index (χ1n) is 8.93. The fourth-order valence-corrected chi connectivity index (χ4v) is 3.19. The second-order valence-electron chi connectivity index (χ2n) is 6.79. The van der Waals surface area contributed by atoms with Gasteiger partial charge >= 0.3 is 0 Å². The van der Waals surface area contributed by atoms with Crippen molar-refractivity contribution in [2.75, 3.05) is 31.6 Å². The zero-order chi connectivity index (χ0) is 18.6. The predicted molar refractivity (Wildman–Crippen MR) is 95.7 cm³/mol. The van der Waals surface area contributed by atoms with Crippen LogP contribution >= 0.6 is 0 Å². The third-order valence-corrected chi connectivity index (χ3v) is 4.64. The van der Waals surface area contributed by atoms with Crippen molar-refractivity contribution in [3.63, 3.8) is 0 Å². The van der Waals surface area contributed by atoms with E-state index in [1.807, 2.05) is 30.0 Å². The minimum absolute atomic E-state index is 0.0500. The molecule has 0 saturated carbocycles. The van der Waals surface area contributed by atoms with Crippen molar-refractivity contribution in [1.29, 1.82) is 0 Å².